The van der Waals surface area contributed by atoms with Crippen LogP contribution >= 0.6 is 12.2 Å². The fourth-order valence-corrected chi connectivity index (χ4v) is 2.76. The molecule has 20 heavy (non-hydrogen) atoms. The molecule has 0 saturated heterocycles. The topological polar surface area (TPSA) is 42.3 Å². The third-order valence-electron chi connectivity index (χ3n) is 3.47. The van der Waals surface area contributed by atoms with Crippen molar-refractivity contribution >= 4 is 34.3 Å². The maximum Gasteiger partial charge on any atom is 0.213 e. The minimum absolute atomic E-state index is 0.744. The monoisotopic (exact) mass is 290 g/mol. The van der Waals surface area contributed by atoms with Crippen LogP contribution in [0.4, 0.5) is 5.95 Å². The van der Waals surface area contributed by atoms with Gasteiger partial charge in [-0.2, -0.15) is 0 Å². The van der Waals surface area contributed by atoms with Crippen molar-refractivity contribution in [2.75, 3.05) is 31.7 Å². The highest BCUT2D eigenvalue weighted by Crippen LogP contribution is 2.26. The third-order valence-corrected chi connectivity index (χ3v) is 3.83. The van der Waals surface area contributed by atoms with E-state index in [0.717, 1.165) is 49.2 Å². The molecule has 3 rings (SSSR count). The van der Waals surface area contributed by atoms with Crippen LogP contribution in [-0.4, -0.2) is 41.5 Å². The van der Waals surface area contributed by atoms with Crippen LogP contribution in [0.15, 0.2) is 24.3 Å². The summed E-state index contributed by atoms with van der Waals surface area (Å²) in [4.78, 5) is 6.75. The molecule has 1 aliphatic heterocycles. The van der Waals surface area contributed by atoms with E-state index in [1.54, 1.807) is 7.11 Å². The summed E-state index contributed by atoms with van der Waals surface area (Å²) >= 11 is 5.46. The molecule has 1 aromatic carbocycles. The smallest absolute Gasteiger partial charge is 0.213 e. The van der Waals surface area contributed by atoms with Crippen molar-refractivity contribution in [2.24, 2.45) is 0 Å². The minimum Gasteiger partial charge on any atom is -0.385 e. The fraction of sp³-hybridized carbons (Fsp3) is 0.429. The number of ether oxygens (including phenoxy) is 1. The van der Waals surface area contributed by atoms with Crippen LogP contribution in [0, 0.1) is 0 Å². The number of hydrogen-bond acceptors (Lipinski definition) is 3. The molecule has 0 spiro atoms. The maximum atomic E-state index is 5.46. The average molecular weight is 290 g/mol. The number of fused-ring (bicyclic) bond motifs is 3. The minimum atomic E-state index is 0.744. The molecule has 0 atom stereocenters. The van der Waals surface area contributed by atoms with Gasteiger partial charge in [-0.15, -0.1) is 0 Å². The van der Waals surface area contributed by atoms with Crippen LogP contribution in [0.3, 0.4) is 0 Å². The standard InChI is InChI=1S/C14H18N4OS/c1-19-10-4-7-15-14(20)18-9-8-17-12-6-3-2-5-11(12)16-13(17)18/h2-3,5-6H,4,7-10H2,1H3,(H,15,20). The Morgan fingerprint density at radius 1 is 1.40 bits per heavy atom. The van der Waals surface area contributed by atoms with Gasteiger partial charge >= 0.3 is 0 Å². The van der Waals surface area contributed by atoms with E-state index in [4.69, 9.17) is 17.0 Å². The summed E-state index contributed by atoms with van der Waals surface area (Å²) in [5, 5.41) is 4.01. The Morgan fingerprint density at radius 3 is 3.10 bits per heavy atom. The molecule has 0 amide bonds. The largest absolute Gasteiger partial charge is 0.385 e. The Bertz CT molecular complexity index is 625. The van der Waals surface area contributed by atoms with Crippen LogP contribution in [-0.2, 0) is 11.3 Å². The van der Waals surface area contributed by atoms with Gasteiger partial charge < -0.3 is 14.6 Å². The first-order valence-corrected chi connectivity index (χ1v) is 7.21. The maximum absolute atomic E-state index is 5.46. The molecular formula is C14H18N4OS. The van der Waals surface area contributed by atoms with Gasteiger partial charge in [-0.05, 0) is 30.8 Å². The normalized spacial score (nSPS) is 13.8. The first kappa shape index (κ1) is 13.3. The summed E-state index contributed by atoms with van der Waals surface area (Å²) in [6, 6.07) is 8.19. The van der Waals surface area contributed by atoms with Gasteiger partial charge in [0.2, 0.25) is 5.95 Å². The highest BCUT2D eigenvalue weighted by Gasteiger charge is 2.25. The summed E-state index contributed by atoms with van der Waals surface area (Å²) in [5.41, 5.74) is 2.20. The van der Waals surface area contributed by atoms with Crippen molar-refractivity contribution in [1.82, 2.24) is 14.9 Å². The molecule has 0 unspecified atom stereocenters. The number of imidazole rings is 1. The Labute approximate surface area is 123 Å². The van der Waals surface area contributed by atoms with Gasteiger partial charge in [-0.3, -0.25) is 4.90 Å². The van der Waals surface area contributed by atoms with E-state index in [0.29, 0.717) is 0 Å². The van der Waals surface area contributed by atoms with Gasteiger partial charge in [0.05, 0.1) is 11.0 Å². The van der Waals surface area contributed by atoms with Crippen LogP contribution in [0.2, 0.25) is 0 Å². The van der Waals surface area contributed by atoms with Crippen LogP contribution in [0.1, 0.15) is 6.42 Å². The Kier molecular flexibility index (Phi) is 3.84. The second-order valence-corrected chi connectivity index (χ2v) is 5.17. The second-order valence-electron chi connectivity index (χ2n) is 4.78. The molecule has 2 aromatic rings. The molecule has 0 bridgehead atoms. The SMILES string of the molecule is COCCCNC(=S)N1CCn2c1nc1ccccc12. The highest BCUT2D eigenvalue weighted by molar-refractivity contribution is 7.80. The number of anilines is 1. The van der Waals surface area contributed by atoms with Gasteiger partial charge in [0.1, 0.15) is 0 Å². The number of methoxy groups -OCH3 is 1. The second kappa shape index (κ2) is 5.76. The molecule has 2 heterocycles. The average Bonchev–Trinajstić information content (AvgIpc) is 3.02. The molecule has 0 aliphatic carbocycles. The zero-order valence-electron chi connectivity index (χ0n) is 11.5. The van der Waals surface area contributed by atoms with Crippen molar-refractivity contribution in [3.05, 3.63) is 24.3 Å². The van der Waals surface area contributed by atoms with E-state index in [-0.39, 0.29) is 0 Å². The number of para-hydroxylation sites is 2. The van der Waals surface area contributed by atoms with E-state index in [2.05, 4.69) is 25.8 Å². The van der Waals surface area contributed by atoms with Crippen molar-refractivity contribution < 1.29 is 4.74 Å². The lowest BCUT2D eigenvalue weighted by Gasteiger charge is -2.18. The predicted octanol–water partition coefficient (Wildman–Crippen LogP) is 1.77. The molecule has 106 valence electrons. The third kappa shape index (κ3) is 2.36. The summed E-state index contributed by atoms with van der Waals surface area (Å²) in [6.07, 6.45) is 0.945. The quantitative estimate of drug-likeness (QED) is 0.686. The molecule has 1 aromatic heterocycles. The van der Waals surface area contributed by atoms with Gasteiger partial charge in [0.25, 0.3) is 0 Å². The molecule has 6 heteroatoms. The lowest BCUT2D eigenvalue weighted by molar-refractivity contribution is 0.195. The van der Waals surface area contributed by atoms with Gasteiger partial charge in [-0.1, -0.05) is 12.1 Å². The van der Waals surface area contributed by atoms with E-state index >= 15 is 0 Å². The number of aromatic nitrogens is 2. The summed E-state index contributed by atoms with van der Waals surface area (Å²) in [5.74, 6) is 0.940. The predicted molar refractivity (Wildman–Crippen MR) is 84.2 cm³/mol. The lowest BCUT2D eigenvalue weighted by Crippen LogP contribution is -2.39. The Morgan fingerprint density at radius 2 is 2.25 bits per heavy atom. The van der Waals surface area contributed by atoms with Gasteiger partial charge in [0.15, 0.2) is 5.11 Å². The molecule has 5 nitrogen and oxygen atoms in total. The van der Waals surface area contributed by atoms with Crippen LogP contribution in [0.25, 0.3) is 11.0 Å². The fourth-order valence-electron chi connectivity index (χ4n) is 2.49. The molecule has 1 aliphatic rings. The van der Waals surface area contributed by atoms with Crippen LogP contribution < -0.4 is 10.2 Å². The number of hydrogen-bond donors (Lipinski definition) is 1. The van der Waals surface area contributed by atoms with Crippen LogP contribution in [0.5, 0.6) is 0 Å². The number of benzene rings is 1. The lowest BCUT2D eigenvalue weighted by atomic mass is 10.3. The van der Waals surface area contributed by atoms with Crippen molar-refractivity contribution in [3.63, 3.8) is 0 Å². The van der Waals surface area contributed by atoms with Crippen molar-refractivity contribution in [2.45, 2.75) is 13.0 Å². The van der Waals surface area contributed by atoms with Crippen molar-refractivity contribution in [3.8, 4) is 0 Å². The van der Waals surface area contributed by atoms with Gasteiger partial charge in [0, 0.05) is 33.4 Å². The van der Waals surface area contributed by atoms with E-state index in [9.17, 15) is 0 Å². The van der Waals surface area contributed by atoms with Crippen molar-refractivity contribution in [1.29, 1.82) is 0 Å². The first-order chi connectivity index (χ1) is 9.81. The molecule has 0 fully saturated rings. The zero-order chi connectivity index (χ0) is 13.9. The molecule has 0 radical (unpaired) electrons. The summed E-state index contributed by atoms with van der Waals surface area (Å²) in [6.45, 7) is 3.37. The molecule has 0 saturated carbocycles. The summed E-state index contributed by atoms with van der Waals surface area (Å²) in [7, 11) is 1.71. The van der Waals surface area contributed by atoms with E-state index in [1.807, 2.05) is 18.2 Å². The Balaban J connectivity index is 1.74. The zero-order valence-corrected chi connectivity index (χ0v) is 12.3. The Hall–Kier alpha value is -1.66. The number of rotatable bonds is 4. The molecule has 1 N–H and O–H groups in total. The highest BCUT2D eigenvalue weighted by atomic mass is 32.1. The number of nitrogens with zero attached hydrogens (tertiary/aromatic N) is 3. The number of thiocarbonyl (C=S) groups is 1. The first-order valence-electron chi connectivity index (χ1n) is 6.81. The van der Waals surface area contributed by atoms with E-state index < -0.39 is 0 Å². The van der Waals surface area contributed by atoms with E-state index in [1.165, 1.54) is 5.52 Å². The van der Waals surface area contributed by atoms with Gasteiger partial charge in [-0.25, -0.2) is 4.98 Å². The molecular weight excluding hydrogens is 272 g/mol. The summed E-state index contributed by atoms with van der Waals surface area (Å²) < 4.78 is 7.25. The number of nitrogens with one attached hydrogen (secondary N) is 1.